The SMILES string of the molecule is CCN(CC)CCOc1ccccc1CN=C(N)N. The second kappa shape index (κ2) is 8.37. The van der Waals surface area contributed by atoms with Crippen LogP contribution in [-0.2, 0) is 6.54 Å². The normalized spacial score (nSPS) is 10.5. The van der Waals surface area contributed by atoms with Crippen LogP contribution in [0.3, 0.4) is 0 Å². The number of para-hydroxylation sites is 1. The van der Waals surface area contributed by atoms with E-state index in [0.29, 0.717) is 13.2 Å². The highest BCUT2D eigenvalue weighted by Crippen LogP contribution is 2.18. The monoisotopic (exact) mass is 264 g/mol. The van der Waals surface area contributed by atoms with Crippen molar-refractivity contribution in [1.82, 2.24) is 4.90 Å². The summed E-state index contributed by atoms with van der Waals surface area (Å²) in [5.74, 6) is 0.942. The first-order valence-electron chi connectivity index (χ1n) is 6.65. The first-order chi connectivity index (χ1) is 9.17. The van der Waals surface area contributed by atoms with Crippen LogP contribution in [-0.4, -0.2) is 37.1 Å². The van der Waals surface area contributed by atoms with Crippen molar-refractivity contribution >= 4 is 5.96 Å². The fourth-order valence-electron chi connectivity index (χ4n) is 1.78. The Kier molecular flexibility index (Phi) is 6.74. The summed E-state index contributed by atoms with van der Waals surface area (Å²) in [6, 6.07) is 7.82. The Bertz CT molecular complexity index is 398. The van der Waals surface area contributed by atoms with Crippen molar-refractivity contribution in [2.45, 2.75) is 20.4 Å². The van der Waals surface area contributed by atoms with Gasteiger partial charge in [0.15, 0.2) is 5.96 Å². The van der Waals surface area contributed by atoms with Gasteiger partial charge in [0.2, 0.25) is 0 Å². The van der Waals surface area contributed by atoms with Gasteiger partial charge in [0.25, 0.3) is 0 Å². The van der Waals surface area contributed by atoms with Crippen molar-refractivity contribution in [1.29, 1.82) is 0 Å². The molecule has 0 aliphatic rings. The van der Waals surface area contributed by atoms with Gasteiger partial charge in [-0.1, -0.05) is 32.0 Å². The number of aliphatic imine (C=N–C) groups is 1. The molecule has 0 bridgehead atoms. The fraction of sp³-hybridized carbons (Fsp3) is 0.500. The molecule has 1 rings (SSSR count). The summed E-state index contributed by atoms with van der Waals surface area (Å²) < 4.78 is 5.81. The summed E-state index contributed by atoms with van der Waals surface area (Å²) in [6.45, 7) is 8.41. The van der Waals surface area contributed by atoms with Gasteiger partial charge in [-0.15, -0.1) is 0 Å². The summed E-state index contributed by atoms with van der Waals surface area (Å²) in [5.41, 5.74) is 11.7. The quantitative estimate of drug-likeness (QED) is 0.546. The molecule has 5 heteroatoms. The maximum absolute atomic E-state index is 5.81. The summed E-state index contributed by atoms with van der Waals surface area (Å²) in [5, 5.41) is 0. The molecule has 19 heavy (non-hydrogen) atoms. The van der Waals surface area contributed by atoms with Crippen molar-refractivity contribution in [2.24, 2.45) is 16.5 Å². The third-order valence-electron chi connectivity index (χ3n) is 2.96. The Morgan fingerprint density at radius 1 is 1.21 bits per heavy atom. The zero-order valence-corrected chi connectivity index (χ0v) is 11.8. The summed E-state index contributed by atoms with van der Waals surface area (Å²) in [6.07, 6.45) is 0. The summed E-state index contributed by atoms with van der Waals surface area (Å²) >= 11 is 0. The average molecular weight is 264 g/mol. The Balaban J connectivity index is 2.55. The van der Waals surface area contributed by atoms with E-state index in [-0.39, 0.29) is 5.96 Å². The second-order valence-electron chi connectivity index (χ2n) is 4.22. The van der Waals surface area contributed by atoms with E-state index in [2.05, 4.69) is 23.7 Å². The molecule has 0 fully saturated rings. The van der Waals surface area contributed by atoms with Crippen molar-refractivity contribution < 1.29 is 4.74 Å². The number of nitrogens with two attached hydrogens (primary N) is 2. The van der Waals surface area contributed by atoms with E-state index >= 15 is 0 Å². The average Bonchev–Trinajstić information content (AvgIpc) is 2.42. The zero-order chi connectivity index (χ0) is 14.1. The zero-order valence-electron chi connectivity index (χ0n) is 11.8. The minimum absolute atomic E-state index is 0.0953. The van der Waals surface area contributed by atoms with Gasteiger partial charge in [-0.2, -0.15) is 0 Å². The predicted octanol–water partition coefficient (Wildman–Crippen LogP) is 1.18. The van der Waals surface area contributed by atoms with Gasteiger partial charge in [0.1, 0.15) is 12.4 Å². The van der Waals surface area contributed by atoms with E-state index in [9.17, 15) is 0 Å². The molecule has 0 heterocycles. The van der Waals surface area contributed by atoms with Crippen molar-refractivity contribution in [3.8, 4) is 5.75 Å². The Labute approximate surface area is 115 Å². The Hall–Kier alpha value is -1.75. The van der Waals surface area contributed by atoms with E-state index < -0.39 is 0 Å². The molecule has 5 nitrogen and oxygen atoms in total. The van der Waals surface area contributed by atoms with E-state index in [1.54, 1.807) is 0 Å². The van der Waals surface area contributed by atoms with Crippen LogP contribution in [0.25, 0.3) is 0 Å². The molecular weight excluding hydrogens is 240 g/mol. The number of guanidine groups is 1. The predicted molar refractivity (Wildman–Crippen MR) is 79.2 cm³/mol. The maximum atomic E-state index is 5.81. The summed E-state index contributed by atoms with van der Waals surface area (Å²) in [7, 11) is 0. The Morgan fingerprint density at radius 2 is 1.89 bits per heavy atom. The lowest BCUT2D eigenvalue weighted by Crippen LogP contribution is -2.28. The van der Waals surface area contributed by atoms with Crippen LogP contribution >= 0.6 is 0 Å². The van der Waals surface area contributed by atoms with Crippen LogP contribution in [0.5, 0.6) is 5.75 Å². The van der Waals surface area contributed by atoms with Gasteiger partial charge in [-0.25, -0.2) is 4.99 Å². The molecule has 1 aromatic carbocycles. The number of hydrogen-bond donors (Lipinski definition) is 2. The van der Waals surface area contributed by atoms with Crippen molar-refractivity contribution in [3.63, 3.8) is 0 Å². The molecule has 0 aliphatic carbocycles. The minimum atomic E-state index is 0.0953. The van der Waals surface area contributed by atoms with Crippen LogP contribution in [0, 0.1) is 0 Å². The first-order valence-corrected chi connectivity index (χ1v) is 6.65. The van der Waals surface area contributed by atoms with Crippen LogP contribution in [0.15, 0.2) is 29.3 Å². The molecule has 1 aromatic rings. The van der Waals surface area contributed by atoms with Crippen LogP contribution in [0.4, 0.5) is 0 Å². The minimum Gasteiger partial charge on any atom is -0.492 e. The molecule has 0 saturated heterocycles. The summed E-state index contributed by atoms with van der Waals surface area (Å²) in [4.78, 5) is 6.33. The molecule has 4 N–H and O–H groups in total. The van der Waals surface area contributed by atoms with E-state index in [1.807, 2.05) is 24.3 Å². The van der Waals surface area contributed by atoms with Crippen LogP contribution in [0.2, 0.25) is 0 Å². The van der Waals surface area contributed by atoms with Gasteiger partial charge in [-0.3, -0.25) is 0 Å². The maximum Gasteiger partial charge on any atom is 0.186 e. The lowest BCUT2D eigenvalue weighted by atomic mass is 10.2. The molecule has 0 aliphatic heterocycles. The molecule has 106 valence electrons. The third-order valence-corrected chi connectivity index (χ3v) is 2.96. The smallest absolute Gasteiger partial charge is 0.186 e. The van der Waals surface area contributed by atoms with Crippen LogP contribution < -0.4 is 16.2 Å². The third kappa shape index (κ3) is 5.61. The number of benzene rings is 1. The molecule has 0 atom stereocenters. The van der Waals surface area contributed by atoms with Crippen molar-refractivity contribution in [2.75, 3.05) is 26.2 Å². The van der Waals surface area contributed by atoms with E-state index in [1.165, 1.54) is 0 Å². The number of likely N-dealkylation sites (N-methyl/N-ethyl adjacent to an activating group) is 1. The molecule has 0 saturated carbocycles. The second-order valence-corrected chi connectivity index (χ2v) is 4.22. The van der Waals surface area contributed by atoms with E-state index in [4.69, 9.17) is 16.2 Å². The highest BCUT2D eigenvalue weighted by Gasteiger charge is 2.04. The standard InChI is InChI=1S/C14H24N4O/c1-3-18(4-2)9-10-19-13-8-6-5-7-12(13)11-17-14(15)16/h5-8H,3-4,9-11H2,1-2H3,(H4,15,16,17). The number of rotatable bonds is 8. The Morgan fingerprint density at radius 3 is 2.53 bits per heavy atom. The van der Waals surface area contributed by atoms with Crippen LogP contribution in [0.1, 0.15) is 19.4 Å². The number of ether oxygens (including phenoxy) is 1. The van der Waals surface area contributed by atoms with Gasteiger partial charge >= 0.3 is 0 Å². The topological polar surface area (TPSA) is 76.9 Å². The van der Waals surface area contributed by atoms with Gasteiger partial charge in [-0.05, 0) is 19.2 Å². The molecule has 0 unspecified atom stereocenters. The molecule has 0 spiro atoms. The number of nitrogens with zero attached hydrogens (tertiary/aromatic N) is 2. The lowest BCUT2D eigenvalue weighted by Gasteiger charge is -2.18. The van der Waals surface area contributed by atoms with Crippen molar-refractivity contribution in [3.05, 3.63) is 29.8 Å². The first kappa shape index (κ1) is 15.3. The van der Waals surface area contributed by atoms with Gasteiger partial charge in [0.05, 0.1) is 6.54 Å². The largest absolute Gasteiger partial charge is 0.492 e. The molecule has 0 amide bonds. The highest BCUT2D eigenvalue weighted by atomic mass is 16.5. The molecule has 0 aromatic heterocycles. The highest BCUT2D eigenvalue weighted by molar-refractivity contribution is 5.75. The lowest BCUT2D eigenvalue weighted by molar-refractivity contribution is 0.221. The van der Waals surface area contributed by atoms with E-state index in [0.717, 1.165) is 30.9 Å². The number of hydrogen-bond acceptors (Lipinski definition) is 3. The van der Waals surface area contributed by atoms with Gasteiger partial charge in [0, 0.05) is 12.1 Å². The fourth-order valence-corrected chi connectivity index (χ4v) is 1.78. The molecular formula is C14H24N4O. The van der Waals surface area contributed by atoms with Gasteiger partial charge < -0.3 is 21.1 Å². The molecule has 0 radical (unpaired) electrons.